The molecule has 0 bridgehead atoms. The molecule has 1 aromatic rings. The normalized spacial score (nSPS) is 9.89. The minimum Gasteiger partial charge on any atom is -0.496 e. The van der Waals surface area contributed by atoms with Gasteiger partial charge in [0.25, 0.3) is 0 Å². The molecule has 1 N–H and O–H groups in total. The van der Waals surface area contributed by atoms with E-state index in [1.807, 2.05) is 13.0 Å². The molecule has 0 saturated heterocycles. The summed E-state index contributed by atoms with van der Waals surface area (Å²) in [7, 11) is 4.72. The Morgan fingerprint density at radius 2 is 1.63 bits per heavy atom. The predicted molar refractivity (Wildman–Crippen MR) is 72.9 cm³/mol. The van der Waals surface area contributed by atoms with Crippen LogP contribution in [0.15, 0.2) is 12.1 Å². The molecule has 0 heterocycles. The molecule has 0 aliphatic heterocycles. The summed E-state index contributed by atoms with van der Waals surface area (Å²) >= 11 is 0. The van der Waals surface area contributed by atoms with Gasteiger partial charge in [-0.05, 0) is 12.5 Å². The zero-order valence-electron chi connectivity index (χ0n) is 11.9. The fourth-order valence-electron chi connectivity index (χ4n) is 1.74. The molecule has 1 aromatic carbocycles. The number of benzene rings is 1. The van der Waals surface area contributed by atoms with Crippen molar-refractivity contribution in [3.8, 4) is 17.2 Å². The zero-order chi connectivity index (χ0) is 14.3. The van der Waals surface area contributed by atoms with Crippen LogP contribution in [0.4, 0.5) is 0 Å². The Morgan fingerprint density at radius 3 is 2.16 bits per heavy atom. The molecule has 0 aliphatic carbocycles. The first-order valence-electron chi connectivity index (χ1n) is 6.21. The average Bonchev–Trinajstić information content (AvgIpc) is 2.44. The molecular formula is C14H21NO4. The molecule has 0 aromatic heterocycles. The van der Waals surface area contributed by atoms with Crippen LogP contribution in [-0.4, -0.2) is 27.2 Å². The number of hydrogen-bond acceptors (Lipinski definition) is 4. The summed E-state index contributed by atoms with van der Waals surface area (Å²) in [5.41, 5.74) is 0.851. The Bertz CT molecular complexity index is 432. The Labute approximate surface area is 113 Å². The quantitative estimate of drug-likeness (QED) is 0.822. The Hall–Kier alpha value is -1.91. The van der Waals surface area contributed by atoms with Crippen molar-refractivity contribution in [2.24, 2.45) is 0 Å². The molecule has 0 unspecified atom stereocenters. The fourth-order valence-corrected chi connectivity index (χ4v) is 1.74. The van der Waals surface area contributed by atoms with E-state index in [1.54, 1.807) is 27.4 Å². The number of hydrogen-bond donors (Lipinski definition) is 1. The number of carbonyl (C=O) groups excluding carboxylic acids is 1. The summed E-state index contributed by atoms with van der Waals surface area (Å²) < 4.78 is 15.7. The van der Waals surface area contributed by atoms with Gasteiger partial charge in [0.2, 0.25) is 5.91 Å². The predicted octanol–water partition coefficient (Wildman–Crippen LogP) is 2.13. The van der Waals surface area contributed by atoms with Gasteiger partial charge in [-0.1, -0.05) is 6.92 Å². The number of nitrogens with one attached hydrogen (secondary N) is 1. The van der Waals surface area contributed by atoms with Crippen LogP contribution in [0.2, 0.25) is 0 Å². The van der Waals surface area contributed by atoms with Gasteiger partial charge in [0.05, 0.1) is 21.3 Å². The SMILES string of the molecule is CCCC(=O)NCc1cc(OC)c(OC)cc1OC. The second-order valence-corrected chi connectivity index (χ2v) is 4.05. The third kappa shape index (κ3) is 4.05. The van der Waals surface area contributed by atoms with Crippen LogP contribution >= 0.6 is 0 Å². The van der Waals surface area contributed by atoms with Crippen LogP contribution in [0.5, 0.6) is 17.2 Å². The van der Waals surface area contributed by atoms with Gasteiger partial charge in [-0.15, -0.1) is 0 Å². The average molecular weight is 267 g/mol. The molecule has 19 heavy (non-hydrogen) atoms. The third-order valence-corrected chi connectivity index (χ3v) is 2.74. The number of amides is 1. The summed E-state index contributed by atoms with van der Waals surface area (Å²) in [6.45, 7) is 2.37. The van der Waals surface area contributed by atoms with E-state index in [9.17, 15) is 4.79 Å². The van der Waals surface area contributed by atoms with Crippen molar-refractivity contribution in [1.82, 2.24) is 5.32 Å². The van der Waals surface area contributed by atoms with Gasteiger partial charge < -0.3 is 19.5 Å². The van der Waals surface area contributed by atoms with Gasteiger partial charge in [0.1, 0.15) is 5.75 Å². The maximum atomic E-state index is 11.5. The van der Waals surface area contributed by atoms with Gasteiger partial charge in [-0.3, -0.25) is 4.79 Å². The van der Waals surface area contributed by atoms with Crippen LogP contribution in [0.1, 0.15) is 25.3 Å². The minimum absolute atomic E-state index is 0.0272. The van der Waals surface area contributed by atoms with Crippen LogP contribution in [0.25, 0.3) is 0 Å². The summed E-state index contributed by atoms with van der Waals surface area (Å²) in [5.74, 6) is 1.90. The largest absolute Gasteiger partial charge is 0.496 e. The first-order chi connectivity index (χ1) is 9.15. The highest BCUT2D eigenvalue weighted by atomic mass is 16.5. The van der Waals surface area contributed by atoms with Crippen LogP contribution in [-0.2, 0) is 11.3 Å². The summed E-state index contributed by atoms with van der Waals surface area (Å²) in [6, 6.07) is 3.56. The molecular weight excluding hydrogens is 246 g/mol. The van der Waals surface area contributed by atoms with Crippen LogP contribution in [0, 0.1) is 0 Å². The van der Waals surface area contributed by atoms with Gasteiger partial charge in [0, 0.05) is 24.6 Å². The Balaban J connectivity index is 2.89. The molecule has 5 nitrogen and oxygen atoms in total. The van der Waals surface area contributed by atoms with Gasteiger partial charge in [-0.2, -0.15) is 0 Å². The maximum absolute atomic E-state index is 11.5. The fraction of sp³-hybridized carbons (Fsp3) is 0.500. The van der Waals surface area contributed by atoms with Crippen molar-refractivity contribution in [1.29, 1.82) is 0 Å². The molecule has 0 radical (unpaired) electrons. The number of ether oxygens (including phenoxy) is 3. The topological polar surface area (TPSA) is 56.8 Å². The lowest BCUT2D eigenvalue weighted by atomic mass is 10.1. The van der Waals surface area contributed by atoms with Crippen molar-refractivity contribution < 1.29 is 19.0 Å². The standard InChI is InChI=1S/C14H21NO4/c1-5-6-14(16)15-9-10-7-12(18-3)13(19-4)8-11(10)17-2/h7-8H,5-6,9H2,1-4H3,(H,15,16). The zero-order valence-corrected chi connectivity index (χ0v) is 11.9. The lowest BCUT2D eigenvalue weighted by Gasteiger charge is -2.14. The smallest absolute Gasteiger partial charge is 0.220 e. The van der Waals surface area contributed by atoms with Gasteiger partial charge >= 0.3 is 0 Å². The number of carbonyl (C=O) groups is 1. The molecule has 0 saturated carbocycles. The highest BCUT2D eigenvalue weighted by Gasteiger charge is 2.12. The van der Waals surface area contributed by atoms with E-state index in [0.717, 1.165) is 12.0 Å². The monoisotopic (exact) mass is 267 g/mol. The van der Waals surface area contributed by atoms with Crippen LogP contribution in [0.3, 0.4) is 0 Å². The van der Waals surface area contributed by atoms with E-state index in [4.69, 9.17) is 14.2 Å². The van der Waals surface area contributed by atoms with Gasteiger partial charge in [0.15, 0.2) is 11.5 Å². The van der Waals surface area contributed by atoms with Crippen molar-refractivity contribution >= 4 is 5.91 Å². The third-order valence-electron chi connectivity index (χ3n) is 2.74. The van der Waals surface area contributed by atoms with E-state index in [1.165, 1.54) is 0 Å². The first kappa shape index (κ1) is 15.1. The van der Waals surface area contributed by atoms with Crippen molar-refractivity contribution in [3.05, 3.63) is 17.7 Å². The highest BCUT2D eigenvalue weighted by Crippen LogP contribution is 2.34. The molecule has 5 heteroatoms. The first-order valence-corrected chi connectivity index (χ1v) is 6.21. The number of rotatable bonds is 7. The molecule has 1 rings (SSSR count). The van der Waals surface area contributed by atoms with E-state index < -0.39 is 0 Å². The molecule has 0 spiro atoms. The van der Waals surface area contributed by atoms with E-state index in [0.29, 0.717) is 30.2 Å². The Morgan fingerprint density at radius 1 is 1.05 bits per heavy atom. The molecule has 0 atom stereocenters. The molecule has 106 valence electrons. The minimum atomic E-state index is 0.0272. The van der Waals surface area contributed by atoms with Gasteiger partial charge in [-0.25, -0.2) is 0 Å². The summed E-state index contributed by atoms with van der Waals surface area (Å²) in [4.78, 5) is 11.5. The lowest BCUT2D eigenvalue weighted by Crippen LogP contribution is -2.22. The summed E-state index contributed by atoms with van der Waals surface area (Å²) in [5, 5.41) is 2.85. The Kier molecular flexibility index (Phi) is 5.99. The van der Waals surface area contributed by atoms with Crippen molar-refractivity contribution in [2.75, 3.05) is 21.3 Å². The molecule has 0 fully saturated rings. The molecule has 1 amide bonds. The highest BCUT2D eigenvalue weighted by molar-refractivity contribution is 5.75. The van der Waals surface area contributed by atoms with E-state index >= 15 is 0 Å². The second-order valence-electron chi connectivity index (χ2n) is 4.05. The van der Waals surface area contributed by atoms with Crippen LogP contribution < -0.4 is 19.5 Å². The van der Waals surface area contributed by atoms with Crippen molar-refractivity contribution in [3.63, 3.8) is 0 Å². The lowest BCUT2D eigenvalue weighted by molar-refractivity contribution is -0.121. The second kappa shape index (κ2) is 7.51. The molecule has 0 aliphatic rings. The van der Waals surface area contributed by atoms with E-state index in [-0.39, 0.29) is 5.91 Å². The van der Waals surface area contributed by atoms with Crippen molar-refractivity contribution in [2.45, 2.75) is 26.3 Å². The maximum Gasteiger partial charge on any atom is 0.220 e. The van der Waals surface area contributed by atoms with E-state index in [2.05, 4.69) is 5.32 Å². The summed E-state index contributed by atoms with van der Waals surface area (Å²) in [6.07, 6.45) is 1.35. The number of methoxy groups -OCH3 is 3.